The molecule has 316 valence electrons. The molecule has 0 spiro atoms. The standard InChI is InChI=1S/C50H64N2O7/c1-5-7-15-43(16-8-6-2)59-44-31-37(3)49(38(4)32-44)50-47-19-17-45(51-47)41-13-9-11-39(33-41)35-57-29-27-55-25-23-53-21-22-54-24-26-56-28-30-58-36-40-12-10-14-42(34-40)46-18-20-48(50)52-46/h9-14,17-20,31-34,43,51H,5-8,15-16,21-30,35-36H2,1-4H3/b50-48-. The summed E-state index contributed by atoms with van der Waals surface area (Å²) in [5.41, 5.74) is 12.7. The van der Waals surface area contributed by atoms with Crippen molar-refractivity contribution >= 4 is 11.3 Å². The molecule has 3 aromatic carbocycles. The third-order valence-corrected chi connectivity index (χ3v) is 10.5. The smallest absolute Gasteiger partial charge is 0.120 e. The SMILES string of the molecule is CCCCC(CCCC)Oc1cc(C)c(/C2=C3/C=CC(=N3)c3cccc(c3)COCCOCCOCCOCCOCCOCc3cccc(c3)-c3ccc2[nH]3)c(C)c1. The summed E-state index contributed by atoms with van der Waals surface area (Å²) in [5, 5.41) is 0. The highest BCUT2D eigenvalue weighted by atomic mass is 16.6. The van der Waals surface area contributed by atoms with Crippen molar-refractivity contribution in [1.29, 1.82) is 0 Å². The lowest BCUT2D eigenvalue weighted by atomic mass is 9.91. The quantitative estimate of drug-likeness (QED) is 0.180. The Morgan fingerprint density at radius 2 is 1.10 bits per heavy atom. The molecule has 1 aromatic heterocycles. The molecular weight excluding hydrogens is 741 g/mol. The fraction of sp³-hybridized carbons (Fsp3) is 0.460. The Morgan fingerprint density at radius 1 is 0.593 bits per heavy atom. The summed E-state index contributed by atoms with van der Waals surface area (Å²) >= 11 is 0. The van der Waals surface area contributed by atoms with E-state index in [2.05, 4.69) is 118 Å². The van der Waals surface area contributed by atoms with Gasteiger partial charge in [0.1, 0.15) is 5.75 Å². The summed E-state index contributed by atoms with van der Waals surface area (Å²) in [6, 6.07) is 25.7. The number of aromatic amines is 1. The lowest BCUT2D eigenvalue weighted by Gasteiger charge is -2.22. The average Bonchev–Trinajstić information content (AvgIpc) is 3.94. The summed E-state index contributed by atoms with van der Waals surface area (Å²) in [4.78, 5) is 9.10. The molecule has 9 nitrogen and oxygen atoms in total. The summed E-state index contributed by atoms with van der Waals surface area (Å²) in [5.74, 6) is 0.937. The van der Waals surface area contributed by atoms with Gasteiger partial charge in [-0.15, -0.1) is 0 Å². The molecule has 8 bridgehead atoms. The van der Waals surface area contributed by atoms with E-state index in [1.165, 1.54) is 25.7 Å². The normalized spacial score (nSPS) is 18.0. The number of nitrogens with one attached hydrogen (secondary N) is 1. The third kappa shape index (κ3) is 13.6. The van der Waals surface area contributed by atoms with Crippen LogP contribution in [0.5, 0.6) is 5.75 Å². The Labute approximate surface area is 351 Å². The Hall–Kier alpha value is -4.35. The molecule has 2 aliphatic rings. The molecule has 9 heteroatoms. The second kappa shape index (κ2) is 24.0. The molecule has 59 heavy (non-hydrogen) atoms. The average molecular weight is 805 g/mol. The minimum absolute atomic E-state index is 0.223. The highest BCUT2D eigenvalue weighted by Crippen LogP contribution is 2.38. The van der Waals surface area contributed by atoms with Crippen LogP contribution in [-0.2, 0) is 41.6 Å². The largest absolute Gasteiger partial charge is 0.490 e. The van der Waals surface area contributed by atoms with Crippen LogP contribution in [0.15, 0.2) is 95.6 Å². The zero-order chi connectivity index (χ0) is 41.1. The summed E-state index contributed by atoms with van der Waals surface area (Å²) < 4.78 is 41.3. The number of hydrogen-bond acceptors (Lipinski definition) is 8. The van der Waals surface area contributed by atoms with Crippen LogP contribution in [0.3, 0.4) is 0 Å². The van der Waals surface area contributed by atoms with Crippen LogP contribution in [0.4, 0.5) is 0 Å². The van der Waals surface area contributed by atoms with Gasteiger partial charge in [0.05, 0.1) is 96.8 Å². The van der Waals surface area contributed by atoms with Crippen LogP contribution in [0.2, 0.25) is 0 Å². The molecule has 2 aliphatic heterocycles. The first kappa shape index (κ1) is 44.2. The van der Waals surface area contributed by atoms with Crippen LogP contribution < -0.4 is 4.74 Å². The number of aromatic nitrogens is 1. The van der Waals surface area contributed by atoms with Gasteiger partial charge in [-0.1, -0.05) is 75.9 Å². The molecule has 0 radical (unpaired) electrons. The zero-order valence-corrected chi connectivity index (χ0v) is 35.7. The molecule has 3 heterocycles. The monoisotopic (exact) mass is 804 g/mol. The van der Waals surface area contributed by atoms with E-state index < -0.39 is 0 Å². The van der Waals surface area contributed by atoms with Crippen LogP contribution in [-0.4, -0.2) is 82.9 Å². The van der Waals surface area contributed by atoms with E-state index in [-0.39, 0.29) is 6.10 Å². The molecule has 0 saturated heterocycles. The first-order valence-electron chi connectivity index (χ1n) is 21.7. The van der Waals surface area contributed by atoms with Crippen LogP contribution in [0, 0.1) is 13.8 Å². The van der Waals surface area contributed by atoms with Gasteiger partial charge >= 0.3 is 0 Å². The number of unbranched alkanes of at least 4 members (excludes halogenated alkanes) is 2. The minimum Gasteiger partial charge on any atom is -0.490 e. The van der Waals surface area contributed by atoms with Gasteiger partial charge in [-0.05, 0) is 109 Å². The van der Waals surface area contributed by atoms with Crippen LogP contribution >= 0.6 is 0 Å². The fourth-order valence-electron chi connectivity index (χ4n) is 7.50. The lowest BCUT2D eigenvalue weighted by Crippen LogP contribution is -2.17. The first-order valence-corrected chi connectivity index (χ1v) is 21.7. The summed E-state index contributed by atoms with van der Waals surface area (Å²) in [6.45, 7) is 15.0. The van der Waals surface area contributed by atoms with Gasteiger partial charge in [-0.2, -0.15) is 0 Å². The summed E-state index contributed by atoms with van der Waals surface area (Å²) in [6.07, 6.45) is 11.3. The van der Waals surface area contributed by atoms with Crippen molar-refractivity contribution < 1.29 is 33.2 Å². The van der Waals surface area contributed by atoms with E-state index >= 15 is 0 Å². The predicted molar refractivity (Wildman–Crippen MR) is 236 cm³/mol. The van der Waals surface area contributed by atoms with Crippen molar-refractivity contribution in [2.45, 2.75) is 85.5 Å². The number of allylic oxidation sites excluding steroid dienone is 2. The second-order valence-corrected chi connectivity index (χ2v) is 15.3. The predicted octanol–water partition coefficient (Wildman–Crippen LogP) is 10.4. The van der Waals surface area contributed by atoms with E-state index in [1.54, 1.807) is 0 Å². The Morgan fingerprint density at radius 3 is 1.66 bits per heavy atom. The molecule has 4 aromatic rings. The molecular formula is C50H64N2O7. The number of rotatable bonds is 9. The fourth-order valence-corrected chi connectivity index (χ4v) is 7.50. The van der Waals surface area contributed by atoms with Gasteiger partial charge in [0, 0.05) is 22.5 Å². The Bertz CT molecular complexity index is 1970. The van der Waals surface area contributed by atoms with E-state index in [0.29, 0.717) is 79.3 Å². The number of benzene rings is 3. The molecule has 0 atom stereocenters. The highest BCUT2D eigenvalue weighted by Gasteiger charge is 2.22. The van der Waals surface area contributed by atoms with Gasteiger partial charge in [0.2, 0.25) is 0 Å². The van der Waals surface area contributed by atoms with Crippen molar-refractivity contribution in [2.24, 2.45) is 4.99 Å². The molecule has 1 N–H and O–H groups in total. The number of nitrogens with zero attached hydrogens (tertiary/aromatic N) is 1. The molecule has 0 saturated carbocycles. The van der Waals surface area contributed by atoms with Gasteiger partial charge in [-0.25, -0.2) is 4.99 Å². The van der Waals surface area contributed by atoms with Gasteiger partial charge in [0.25, 0.3) is 0 Å². The molecule has 0 fully saturated rings. The van der Waals surface area contributed by atoms with Gasteiger partial charge < -0.3 is 38.1 Å². The molecule has 6 rings (SSSR count). The number of hydrogen-bond donors (Lipinski definition) is 1. The maximum absolute atomic E-state index is 6.71. The van der Waals surface area contributed by atoms with E-state index in [1.807, 2.05) is 0 Å². The number of ether oxygens (including phenoxy) is 7. The van der Waals surface area contributed by atoms with Gasteiger partial charge in [0.15, 0.2) is 0 Å². The Balaban J connectivity index is 1.31. The Kier molecular flexibility index (Phi) is 18.0. The maximum atomic E-state index is 6.71. The van der Waals surface area contributed by atoms with Crippen LogP contribution in [0.25, 0.3) is 16.8 Å². The second-order valence-electron chi connectivity index (χ2n) is 15.3. The van der Waals surface area contributed by atoms with E-state index in [0.717, 1.165) is 85.9 Å². The number of H-pyrrole nitrogens is 1. The van der Waals surface area contributed by atoms with Crippen molar-refractivity contribution in [2.75, 3.05) is 66.1 Å². The number of aryl methyl sites for hydroxylation is 2. The van der Waals surface area contributed by atoms with E-state index in [9.17, 15) is 0 Å². The highest BCUT2D eigenvalue weighted by molar-refractivity contribution is 6.12. The third-order valence-electron chi connectivity index (χ3n) is 10.5. The van der Waals surface area contributed by atoms with Crippen molar-refractivity contribution in [3.05, 3.63) is 130 Å². The molecule has 0 unspecified atom stereocenters. The lowest BCUT2D eigenvalue weighted by molar-refractivity contribution is -0.0185. The van der Waals surface area contributed by atoms with Crippen LogP contribution in [0.1, 0.15) is 91.4 Å². The topological polar surface area (TPSA) is 92.8 Å². The van der Waals surface area contributed by atoms with Crippen molar-refractivity contribution in [1.82, 2.24) is 4.98 Å². The minimum atomic E-state index is 0.223. The number of fused-ring (bicyclic) bond motifs is 9. The molecule has 0 aliphatic carbocycles. The van der Waals surface area contributed by atoms with E-state index in [4.69, 9.17) is 38.2 Å². The van der Waals surface area contributed by atoms with Crippen molar-refractivity contribution in [3.63, 3.8) is 0 Å². The number of aliphatic imine (C=N–C) groups is 1. The molecule has 0 amide bonds. The zero-order valence-electron chi connectivity index (χ0n) is 35.7. The summed E-state index contributed by atoms with van der Waals surface area (Å²) in [7, 11) is 0. The first-order chi connectivity index (χ1) is 29.0. The van der Waals surface area contributed by atoms with Crippen molar-refractivity contribution in [3.8, 4) is 17.0 Å². The van der Waals surface area contributed by atoms with Gasteiger partial charge in [-0.3, -0.25) is 0 Å². The maximum Gasteiger partial charge on any atom is 0.120 e.